The highest BCUT2D eigenvalue weighted by atomic mass is 16.5. The smallest absolute Gasteiger partial charge is 0.315 e. The summed E-state index contributed by atoms with van der Waals surface area (Å²) in [7, 11) is 1.32. The molecule has 1 N–H and O–H groups in total. The molecule has 0 atom stereocenters. The summed E-state index contributed by atoms with van der Waals surface area (Å²) in [6, 6.07) is 0. The van der Waals surface area contributed by atoms with E-state index in [1.165, 1.54) is 26.4 Å². The molecule has 0 spiro atoms. The van der Waals surface area contributed by atoms with E-state index >= 15 is 0 Å². The third-order valence-electron chi connectivity index (χ3n) is 4.98. The maximum absolute atomic E-state index is 11.9. The van der Waals surface area contributed by atoms with E-state index in [1.807, 2.05) is 0 Å². The van der Waals surface area contributed by atoms with Gasteiger partial charge in [-0.25, -0.2) is 0 Å². The fraction of sp³-hybridized carbons (Fsp3) is 0.857. The highest BCUT2D eigenvalue weighted by Gasteiger charge is 2.51. The van der Waals surface area contributed by atoms with Gasteiger partial charge in [-0.3, -0.25) is 9.59 Å². The van der Waals surface area contributed by atoms with Crippen LogP contribution in [0.25, 0.3) is 0 Å². The summed E-state index contributed by atoms with van der Waals surface area (Å²) < 4.78 is 4.54. The van der Waals surface area contributed by atoms with Gasteiger partial charge in [0.15, 0.2) is 0 Å². The first-order chi connectivity index (χ1) is 8.58. The van der Waals surface area contributed by atoms with E-state index in [-0.39, 0.29) is 17.9 Å². The fourth-order valence-corrected chi connectivity index (χ4v) is 4.81. The van der Waals surface area contributed by atoms with E-state index in [4.69, 9.17) is 0 Å². The Bertz CT molecular complexity index is 342. The molecule has 0 aromatic carbocycles. The minimum absolute atomic E-state index is 0.000144. The lowest BCUT2D eigenvalue weighted by Crippen LogP contribution is -2.60. The number of nitrogens with one attached hydrogen (secondary N) is 1. The van der Waals surface area contributed by atoms with E-state index in [2.05, 4.69) is 10.1 Å². The topological polar surface area (TPSA) is 55.4 Å². The van der Waals surface area contributed by atoms with Crippen molar-refractivity contribution in [2.45, 2.75) is 50.5 Å². The molecule has 1 amide bonds. The molecular formula is C14H21NO3. The second-order valence-corrected chi connectivity index (χ2v) is 6.50. The molecule has 4 rings (SSSR count). The van der Waals surface area contributed by atoms with Crippen molar-refractivity contribution in [3.8, 4) is 0 Å². The lowest BCUT2D eigenvalue weighted by molar-refractivity contribution is -0.145. The Morgan fingerprint density at radius 1 is 1.11 bits per heavy atom. The first kappa shape index (κ1) is 12.0. The monoisotopic (exact) mass is 251 g/mol. The van der Waals surface area contributed by atoms with Gasteiger partial charge in [-0.1, -0.05) is 0 Å². The van der Waals surface area contributed by atoms with Crippen molar-refractivity contribution in [3.05, 3.63) is 0 Å². The van der Waals surface area contributed by atoms with Gasteiger partial charge in [-0.2, -0.15) is 0 Å². The number of amides is 1. The molecule has 4 heteroatoms. The highest BCUT2D eigenvalue weighted by Crippen LogP contribution is 2.55. The Labute approximate surface area is 107 Å². The van der Waals surface area contributed by atoms with Crippen molar-refractivity contribution >= 4 is 11.9 Å². The van der Waals surface area contributed by atoms with Crippen LogP contribution < -0.4 is 5.32 Å². The van der Waals surface area contributed by atoms with Crippen molar-refractivity contribution in [2.24, 2.45) is 17.8 Å². The van der Waals surface area contributed by atoms with Crippen LogP contribution in [-0.4, -0.2) is 24.5 Å². The van der Waals surface area contributed by atoms with Gasteiger partial charge in [-0.15, -0.1) is 0 Å². The third-order valence-corrected chi connectivity index (χ3v) is 4.98. The maximum atomic E-state index is 11.9. The van der Waals surface area contributed by atoms with Gasteiger partial charge in [0, 0.05) is 5.54 Å². The van der Waals surface area contributed by atoms with Gasteiger partial charge in [0.2, 0.25) is 5.91 Å². The predicted molar refractivity (Wildman–Crippen MR) is 65.7 cm³/mol. The minimum atomic E-state index is -0.447. The van der Waals surface area contributed by atoms with Crippen molar-refractivity contribution in [3.63, 3.8) is 0 Å². The Hall–Kier alpha value is -1.06. The number of esters is 1. The Morgan fingerprint density at radius 3 is 2.06 bits per heavy atom. The summed E-state index contributed by atoms with van der Waals surface area (Å²) >= 11 is 0. The third kappa shape index (κ3) is 2.13. The lowest BCUT2D eigenvalue weighted by atomic mass is 9.53. The van der Waals surface area contributed by atoms with Crippen LogP contribution in [0.4, 0.5) is 0 Å². The minimum Gasteiger partial charge on any atom is -0.469 e. The molecule has 4 saturated carbocycles. The maximum Gasteiger partial charge on any atom is 0.315 e. The van der Waals surface area contributed by atoms with Crippen molar-refractivity contribution in [1.29, 1.82) is 0 Å². The molecule has 0 aromatic rings. The quantitative estimate of drug-likeness (QED) is 0.612. The molecule has 4 bridgehead atoms. The molecule has 0 aromatic heterocycles. The summed E-state index contributed by atoms with van der Waals surface area (Å²) in [5.74, 6) is 1.79. The summed E-state index contributed by atoms with van der Waals surface area (Å²) in [5.41, 5.74) is -0.000144. The van der Waals surface area contributed by atoms with Crippen molar-refractivity contribution in [2.75, 3.05) is 7.11 Å². The molecule has 4 fully saturated rings. The van der Waals surface area contributed by atoms with Gasteiger partial charge in [0.1, 0.15) is 6.42 Å². The predicted octanol–water partition coefficient (Wildman–Crippen LogP) is 1.63. The van der Waals surface area contributed by atoms with Gasteiger partial charge in [-0.05, 0) is 56.3 Å². The second-order valence-electron chi connectivity index (χ2n) is 6.50. The summed E-state index contributed by atoms with van der Waals surface area (Å²) in [6.45, 7) is 0. The summed E-state index contributed by atoms with van der Waals surface area (Å²) in [4.78, 5) is 23.0. The molecule has 0 radical (unpaired) electrons. The SMILES string of the molecule is COC(=O)CC(=O)NC12CC3CC(CC(C3)C1)C2. The van der Waals surface area contributed by atoms with Crippen molar-refractivity contribution in [1.82, 2.24) is 5.32 Å². The van der Waals surface area contributed by atoms with Crippen LogP contribution in [0, 0.1) is 17.8 Å². The van der Waals surface area contributed by atoms with Crippen molar-refractivity contribution < 1.29 is 14.3 Å². The molecule has 4 aliphatic rings. The Kier molecular flexibility index (Phi) is 2.83. The number of carbonyl (C=O) groups excluding carboxylic acids is 2. The molecule has 18 heavy (non-hydrogen) atoms. The first-order valence-corrected chi connectivity index (χ1v) is 6.96. The largest absolute Gasteiger partial charge is 0.469 e. The molecular weight excluding hydrogens is 230 g/mol. The Balaban J connectivity index is 1.65. The van der Waals surface area contributed by atoms with Gasteiger partial charge >= 0.3 is 5.97 Å². The zero-order valence-corrected chi connectivity index (χ0v) is 10.9. The number of rotatable bonds is 3. The summed E-state index contributed by atoms with van der Waals surface area (Å²) in [5, 5.41) is 3.15. The standard InChI is InChI=1S/C14H21NO3/c1-18-13(17)5-12(16)15-14-6-9-2-10(7-14)4-11(3-9)8-14/h9-11H,2-8H2,1H3,(H,15,16). The first-order valence-electron chi connectivity index (χ1n) is 6.96. The highest BCUT2D eigenvalue weighted by molar-refractivity contribution is 5.94. The van der Waals surface area contributed by atoms with Crippen LogP contribution in [0.1, 0.15) is 44.9 Å². The average molecular weight is 251 g/mol. The molecule has 4 aliphatic carbocycles. The van der Waals surface area contributed by atoms with Gasteiger partial charge < -0.3 is 10.1 Å². The van der Waals surface area contributed by atoms with Crippen LogP contribution in [-0.2, 0) is 14.3 Å². The molecule has 0 saturated heterocycles. The number of carbonyl (C=O) groups is 2. The Morgan fingerprint density at radius 2 is 1.61 bits per heavy atom. The van der Waals surface area contributed by atoms with Crippen LogP contribution in [0.5, 0.6) is 0 Å². The fourth-order valence-electron chi connectivity index (χ4n) is 4.81. The van der Waals surface area contributed by atoms with Gasteiger partial charge in [0.25, 0.3) is 0 Å². The molecule has 0 aliphatic heterocycles. The number of methoxy groups -OCH3 is 1. The van der Waals surface area contributed by atoms with E-state index in [0.29, 0.717) is 0 Å². The summed E-state index contributed by atoms with van der Waals surface area (Å²) in [6.07, 6.45) is 7.27. The van der Waals surface area contributed by atoms with E-state index in [0.717, 1.165) is 37.0 Å². The van der Waals surface area contributed by atoms with Crippen LogP contribution in [0.2, 0.25) is 0 Å². The van der Waals surface area contributed by atoms with Crippen LogP contribution in [0.3, 0.4) is 0 Å². The molecule has 0 heterocycles. The zero-order chi connectivity index (χ0) is 12.8. The number of ether oxygens (including phenoxy) is 1. The lowest BCUT2D eigenvalue weighted by Gasteiger charge is -2.56. The van der Waals surface area contributed by atoms with E-state index in [9.17, 15) is 9.59 Å². The second kappa shape index (κ2) is 4.25. The van der Waals surface area contributed by atoms with E-state index < -0.39 is 5.97 Å². The van der Waals surface area contributed by atoms with E-state index in [1.54, 1.807) is 0 Å². The normalized spacial score (nSPS) is 40.6. The average Bonchev–Trinajstić information content (AvgIpc) is 2.25. The molecule has 0 unspecified atom stereocenters. The molecule has 4 nitrogen and oxygen atoms in total. The zero-order valence-electron chi connectivity index (χ0n) is 10.9. The molecule has 100 valence electrons. The van der Waals surface area contributed by atoms with Crippen LogP contribution >= 0.6 is 0 Å². The van der Waals surface area contributed by atoms with Crippen LogP contribution in [0.15, 0.2) is 0 Å². The van der Waals surface area contributed by atoms with Gasteiger partial charge in [0.05, 0.1) is 7.11 Å². The number of hydrogen-bond donors (Lipinski definition) is 1. The number of hydrogen-bond acceptors (Lipinski definition) is 3.